The maximum absolute atomic E-state index is 5.20. The van der Waals surface area contributed by atoms with Gasteiger partial charge in [0, 0.05) is 19.1 Å². The number of rotatable bonds is 5. The molecule has 6 heteroatoms. The highest BCUT2D eigenvalue weighted by Crippen LogP contribution is 2.23. The first-order valence-corrected chi connectivity index (χ1v) is 7.55. The Morgan fingerprint density at radius 3 is 2.85 bits per heavy atom. The van der Waals surface area contributed by atoms with E-state index in [9.17, 15) is 0 Å². The summed E-state index contributed by atoms with van der Waals surface area (Å²) in [5.74, 6) is 1.33. The molecule has 0 spiro atoms. The van der Waals surface area contributed by atoms with Gasteiger partial charge in [-0.3, -0.25) is 0 Å². The summed E-state index contributed by atoms with van der Waals surface area (Å²) >= 11 is 0. The first-order valence-electron chi connectivity index (χ1n) is 7.55. The van der Waals surface area contributed by atoms with Crippen LogP contribution in [0.15, 0.2) is 0 Å². The van der Waals surface area contributed by atoms with Gasteiger partial charge < -0.3 is 15.0 Å². The lowest BCUT2D eigenvalue weighted by atomic mass is 10.1. The standard InChI is InChI=1S/C14H25N5O/c1-4-9-15-12-16-13(18-14(17-12)20-3)19-10-7-5-6-8-11(19)2/h11H,4-10H2,1-3H3,(H,15,16,17,18). The molecule has 1 N–H and O–H groups in total. The van der Waals surface area contributed by atoms with E-state index < -0.39 is 0 Å². The Labute approximate surface area is 121 Å². The van der Waals surface area contributed by atoms with Gasteiger partial charge in [-0.05, 0) is 26.2 Å². The molecular weight excluding hydrogens is 254 g/mol. The van der Waals surface area contributed by atoms with Crippen LogP contribution in [0.5, 0.6) is 6.01 Å². The number of nitrogens with zero attached hydrogens (tertiary/aromatic N) is 4. The van der Waals surface area contributed by atoms with Crippen molar-refractivity contribution < 1.29 is 4.74 Å². The smallest absolute Gasteiger partial charge is 0.322 e. The van der Waals surface area contributed by atoms with Gasteiger partial charge >= 0.3 is 6.01 Å². The lowest BCUT2D eigenvalue weighted by molar-refractivity contribution is 0.378. The van der Waals surface area contributed by atoms with Crippen molar-refractivity contribution in [1.29, 1.82) is 0 Å². The molecule has 0 radical (unpaired) electrons. The molecule has 0 saturated carbocycles. The van der Waals surface area contributed by atoms with Crippen molar-refractivity contribution in [2.45, 2.75) is 52.0 Å². The van der Waals surface area contributed by atoms with Gasteiger partial charge in [-0.2, -0.15) is 15.0 Å². The first kappa shape index (κ1) is 14.8. The summed E-state index contributed by atoms with van der Waals surface area (Å²) in [7, 11) is 1.59. The number of anilines is 2. The second kappa shape index (κ2) is 7.26. The maximum atomic E-state index is 5.20. The van der Waals surface area contributed by atoms with Gasteiger partial charge in [-0.15, -0.1) is 0 Å². The van der Waals surface area contributed by atoms with Crippen LogP contribution in [0.25, 0.3) is 0 Å². The molecule has 0 aromatic carbocycles. The molecule has 1 aliphatic rings. The van der Waals surface area contributed by atoms with Crippen molar-refractivity contribution in [2.75, 3.05) is 30.4 Å². The largest absolute Gasteiger partial charge is 0.467 e. The molecule has 1 unspecified atom stereocenters. The molecule has 20 heavy (non-hydrogen) atoms. The number of aromatic nitrogens is 3. The predicted octanol–water partition coefficient (Wildman–Crippen LogP) is 2.47. The number of hydrogen-bond acceptors (Lipinski definition) is 6. The SMILES string of the molecule is CCCNc1nc(OC)nc(N2CCCCCC2C)n1. The summed E-state index contributed by atoms with van der Waals surface area (Å²) in [6, 6.07) is 0.841. The Morgan fingerprint density at radius 1 is 1.25 bits per heavy atom. The topological polar surface area (TPSA) is 63.2 Å². The zero-order chi connectivity index (χ0) is 14.4. The van der Waals surface area contributed by atoms with Gasteiger partial charge in [0.05, 0.1) is 7.11 Å². The van der Waals surface area contributed by atoms with Crippen LogP contribution < -0.4 is 15.0 Å². The van der Waals surface area contributed by atoms with E-state index >= 15 is 0 Å². The van der Waals surface area contributed by atoms with E-state index in [1.807, 2.05) is 0 Å². The lowest BCUT2D eigenvalue weighted by Crippen LogP contribution is -2.34. The highest BCUT2D eigenvalue weighted by molar-refractivity contribution is 5.39. The van der Waals surface area contributed by atoms with E-state index in [4.69, 9.17) is 4.74 Å². The van der Waals surface area contributed by atoms with Crippen molar-refractivity contribution in [2.24, 2.45) is 0 Å². The minimum absolute atomic E-state index is 0.380. The highest BCUT2D eigenvalue weighted by atomic mass is 16.5. The Hall–Kier alpha value is -1.59. The molecule has 1 atom stereocenters. The Balaban J connectivity index is 2.23. The molecule has 1 aromatic heterocycles. The number of hydrogen-bond donors (Lipinski definition) is 1. The van der Waals surface area contributed by atoms with E-state index in [-0.39, 0.29) is 0 Å². The minimum atomic E-state index is 0.380. The first-order chi connectivity index (χ1) is 9.74. The Kier molecular flexibility index (Phi) is 5.38. The van der Waals surface area contributed by atoms with Gasteiger partial charge in [0.2, 0.25) is 11.9 Å². The molecule has 0 amide bonds. The van der Waals surface area contributed by atoms with Gasteiger partial charge in [0.25, 0.3) is 0 Å². The fraction of sp³-hybridized carbons (Fsp3) is 0.786. The van der Waals surface area contributed by atoms with Crippen LogP contribution >= 0.6 is 0 Å². The highest BCUT2D eigenvalue weighted by Gasteiger charge is 2.21. The van der Waals surface area contributed by atoms with Crippen LogP contribution in [0.1, 0.15) is 46.0 Å². The molecule has 0 bridgehead atoms. The molecule has 6 nitrogen and oxygen atoms in total. The number of nitrogens with one attached hydrogen (secondary N) is 1. The molecule has 1 aromatic rings. The van der Waals surface area contributed by atoms with Crippen LogP contribution in [0, 0.1) is 0 Å². The minimum Gasteiger partial charge on any atom is -0.467 e. The second-order valence-electron chi connectivity index (χ2n) is 5.26. The van der Waals surface area contributed by atoms with E-state index in [1.54, 1.807) is 7.11 Å². The van der Waals surface area contributed by atoms with E-state index in [0.717, 1.165) is 25.5 Å². The summed E-state index contributed by atoms with van der Waals surface area (Å²) in [4.78, 5) is 15.5. The predicted molar refractivity (Wildman–Crippen MR) is 80.4 cm³/mol. The molecular formula is C14H25N5O. The monoisotopic (exact) mass is 279 g/mol. The fourth-order valence-corrected chi connectivity index (χ4v) is 2.45. The molecule has 0 aliphatic carbocycles. The molecule has 112 valence electrons. The molecule has 1 fully saturated rings. The third kappa shape index (κ3) is 3.71. The van der Waals surface area contributed by atoms with E-state index in [2.05, 4.69) is 39.0 Å². The van der Waals surface area contributed by atoms with Crippen molar-refractivity contribution in [3.63, 3.8) is 0 Å². The second-order valence-corrected chi connectivity index (χ2v) is 5.26. The normalized spacial score (nSPS) is 19.6. The van der Waals surface area contributed by atoms with Gasteiger partial charge in [-0.25, -0.2) is 0 Å². The van der Waals surface area contributed by atoms with Crippen molar-refractivity contribution in [1.82, 2.24) is 15.0 Å². The third-order valence-electron chi connectivity index (χ3n) is 3.63. The molecule has 2 heterocycles. The summed E-state index contributed by atoms with van der Waals surface area (Å²) < 4.78 is 5.20. The van der Waals surface area contributed by atoms with Crippen LogP contribution in [-0.4, -0.2) is 41.2 Å². The zero-order valence-corrected chi connectivity index (χ0v) is 12.7. The Morgan fingerprint density at radius 2 is 2.10 bits per heavy atom. The number of methoxy groups -OCH3 is 1. The van der Waals surface area contributed by atoms with Gasteiger partial charge in [0.15, 0.2) is 0 Å². The lowest BCUT2D eigenvalue weighted by Gasteiger charge is -2.27. The van der Waals surface area contributed by atoms with Gasteiger partial charge in [-0.1, -0.05) is 19.8 Å². The van der Waals surface area contributed by atoms with Gasteiger partial charge in [0.1, 0.15) is 0 Å². The average Bonchev–Trinajstić information content (AvgIpc) is 2.69. The van der Waals surface area contributed by atoms with Crippen LogP contribution in [0.3, 0.4) is 0 Å². The van der Waals surface area contributed by atoms with Crippen LogP contribution in [0.2, 0.25) is 0 Å². The Bertz CT molecular complexity index is 426. The fourth-order valence-electron chi connectivity index (χ4n) is 2.45. The van der Waals surface area contributed by atoms with Crippen molar-refractivity contribution >= 4 is 11.9 Å². The maximum Gasteiger partial charge on any atom is 0.322 e. The zero-order valence-electron chi connectivity index (χ0n) is 12.7. The van der Waals surface area contributed by atoms with Crippen LogP contribution in [-0.2, 0) is 0 Å². The van der Waals surface area contributed by atoms with Crippen molar-refractivity contribution in [3.05, 3.63) is 0 Å². The summed E-state index contributed by atoms with van der Waals surface area (Å²) in [5.41, 5.74) is 0. The summed E-state index contributed by atoms with van der Waals surface area (Å²) in [6.45, 7) is 6.20. The van der Waals surface area contributed by atoms with E-state index in [1.165, 1.54) is 25.7 Å². The summed E-state index contributed by atoms with van der Waals surface area (Å²) in [6.07, 6.45) is 5.97. The molecule has 1 aliphatic heterocycles. The quantitative estimate of drug-likeness (QED) is 0.893. The average molecular weight is 279 g/mol. The molecule has 2 rings (SSSR count). The molecule has 1 saturated heterocycles. The van der Waals surface area contributed by atoms with Crippen LogP contribution in [0.4, 0.5) is 11.9 Å². The third-order valence-corrected chi connectivity index (χ3v) is 3.63. The van der Waals surface area contributed by atoms with Crippen molar-refractivity contribution in [3.8, 4) is 6.01 Å². The van der Waals surface area contributed by atoms with E-state index in [0.29, 0.717) is 18.0 Å². The number of ether oxygens (including phenoxy) is 1. The summed E-state index contributed by atoms with van der Waals surface area (Å²) in [5, 5.41) is 3.21.